The molecule has 0 bridgehead atoms. The van der Waals surface area contributed by atoms with Gasteiger partial charge in [-0.15, -0.1) is 11.3 Å². The molecule has 1 saturated carbocycles. The SMILES string of the molecule is Cc1cc(C(N)C2CCOC3(CCC3)C2)sc1C. The van der Waals surface area contributed by atoms with E-state index in [-0.39, 0.29) is 11.6 Å². The molecule has 2 unspecified atom stereocenters. The summed E-state index contributed by atoms with van der Waals surface area (Å²) in [5, 5.41) is 0. The highest BCUT2D eigenvalue weighted by Crippen LogP contribution is 2.47. The van der Waals surface area contributed by atoms with E-state index in [1.54, 1.807) is 0 Å². The highest BCUT2D eigenvalue weighted by atomic mass is 32.1. The average Bonchev–Trinajstić information content (AvgIpc) is 2.67. The van der Waals surface area contributed by atoms with Crippen LogP contribution in [0.3, 0.4) is 0 Å². The van der Waals surface area contributed by atoms with Crippen molar-refractivity contribution in [2.75, 3.05) is 6.61 Å². The fraction of sp³-hybridized carbons (Fsp3) is 0.733. The molecule has 3 heteroatoms. The summed E-state index contributed by atoms with van der Waals surface area (Å²) in [6.07, 6.45) is 6.12. The van der Waals surface area contributed by atoms with Gasteiger partial charge in [-0.05, 0) is 63.5 Å². The van der Waals surface area contributed by atoms with Crippen LogP contribution in [0.25, 0.3) is 0 Å². The first-order chi connectivity index (χ1) is 8.60. The Morgan fingerprint density at radius 3 is 2.78 bits per heavy atom. The molecule has 2 N–H and O–H groups in total. The Labute approximate surface area is 114 Å². The first-order valence-corrected chi connectivity index (χ1v) is 7.88. The lowest BCUT2D eigenvalue weighted by molar-refractivity contribution is -0.146. The number of hydrogen-bond donors (Lipinski definition) is 1. The van der Waals surface area contributed by atoms with Gasteiger partial charge in [0.05, 0.1) is 5.60 Å². The van der Waals surface area contributed by atoms with E-state index in [1.807, 2.05) is 11.3 Å². The second-order valence-electron chi connectivity index (χ2n) is 6.05. The molecule has 2 nitrogen and oxygen atoms in total. The lowest BCUT2D eigenvalue weighted by Gasteiger charge is -2.48. The standard InChI is InChI=1S/C15H23NOS/c1-10-8-13(18-11(10)2)14(16)12-4-7-17-15(9-12)5-3-6-15/h8,12,14H,3-7,9,16H2,1-2H3. The largest absolute Gasteiger partial charge is 0.375 e. The van der Waals surface area contributed by atoms with Gasteiger partial charge in [-0.3, -0.25) is 0 Å². The zero-order valence-electron chi connectivity index (χ0n) is 11.4. The maximum Gasteiger partial charge on any atom is 0.0686 e. The second kappa shape index (κ2) is 4.62. The van der Waals surface area contributed by atoms with Gasteiger partial charge >= 0.3 is 0 Å². The number of thiophene rings is 1. The first kappa shape index (κ1) is 12.6. The molecule has 100 valence electrons. The summed E-state index contributed by atoms with van der Waals surface area (Å²) in [6.45, 7) is 5.27. The molecule has 18 heavy (non-hydrogen) atoms. The molecule has 3 rings (SSSR count). The third kappa shape index (κ3) is 2.13. The number of ether oxygens (including phenoxy) is 1. The van der Waals surface area contributed by atoms with Gasteiger partial charge in [0.2, 0.25) is 0 Å². The maximum absolute atomic E-state index is 6.51. The normalized spacial score (nSPS) is 28.1. The van der Waals surface area contributed by atoms with Gasteiger partial charge in [0.1, 0.15) is 0 Å². The number of hydrogen-bond acceptors (Lipinski definition) is 3. The maximum atomic E-state index is 6.51. The van der Waals surface area contributed by atoms with E-state index in [0.717, 1.165) is 13.0 Å². The van der Waals surface area contributed by atoms with E-state index < -0.39 is 0 Å². The second-order valence-corrected chi connectivity index (χ2v) is 7.34. The van der Waals surface area contributed by atoms with E-state index in [1.165, 1.54) is 41.0 Å². The predicted molar refractivity (Wildman–Crippen MR) is 76.0 cm³/mol. The van der Waals surface area contributed by atoms with Crippen molar-refractivity contribution < 1.29 is 4.74 Å². The Bertz CT molecular complexity index is 416. The molecule has 2 atom stereocenters. The molecule has 1 spiro atoms. The zero-order chi connectivity index (χ0) is 12.8. The molecule has 1 aromatic rings. The lowest BCUT2D eigenvalue weighted by atomic mass is 9.70. The van der Waals surface area contributed by atoms with Crippen LogP contribution in [0.5, 0.6) is 0 Å². The minimum atomic E-state index is 0.210. The van der Waals surface area contributed by atoms with Crippen LogP contribution in [0.2, 0.25) is 0 Å². The van der Waals surface area contributed by atoms with Crippen LogP contribution in [-0.4, -0.2) is 12.2 Å². The quantitative estimate of drug-likeness (QED) is 0.884. The Kier molecular flexibility index (Phi) is 3.25. The number of nitrogens with two attached hydrogens (primary N) is 1. The van der Waals surface area contributed by atoms with Gasteiger partial charge < -0.3 is 10.5 Å². The minimum Gasteiger partial charge on any atom is -0.375 e. The molecule has 1 saturated heterocycles. The van der Waals surface area contributed by atoms with Crippen LogP contribution >= 0.6 is 11.3 Å². The fourth-order valence-corrected chi connectivity index (χ4v) is 4.43. The lowest BCUT2D eigenvalue weighted by Crippen LogP contribution is -2.47. The van der Waals surface area contributed by atoms with Crippen molar-refractivity contribution in [3.8, 4) is 0 Å². The van der Waals surface area contributed by atoms with E-state index >= 15 is 0 Å². The molecule has 2 fully saturated rings. The van der Waals surface area contributed by atoms with E-state index in [9.17, 15) is 0 Å². The average molecular weight is 265 g/mol. The Balaban J connectivity index is 1.73. The van der Waals surface area contributed by atoms with Gasteiger partial charge in [-0.25, -0.2) is 0 Å². The molecular weight excluding hydrogens is 242 g/mol. The highest BCUT2D eigenvalue weighted by Gasteiger charge is 2.44. The Morgan fingerprint density at radius 1 is 1.44 bits per heavy atom. The third-order valence-corrected chi connectivity index (χ3v) is 6.07. The van der Waals surface area contributed by atoms with Crippen molar-refractivity contribution in [2.45, 2.75) is 57.6 Å². The van der Waals surface area contributed by atoms with Crippen LogP contribution in [0.1, 0.15) is 53.5 Å². The molecule has 2 heterocycles. The van der Waals surface area contributed by atoms with Crippen LogP contribution in [0.4, 0.5) is 0 Å². The number of rotatable bonds is 2. The molecule has 2 aliphatic rings. The van der Waals surface area contributed by atoms with Gasteiger partial charge in [0, 0.05) is 22.4 Å². The fourth-order valence-electron chi connectivity index (χ4n) is 3.29. The molecule has 0 aromatic carbocycles. The van der Waals surface area contributed by atoms with E-state index in [0.29, 0.717) is 5.92 Å². The van der Waals surface area contributed by atoms with Crippen molar-refractivity contribution in [1.29, 1.82) is 0 Å². The monoisotopic (exact) mass is 265 g/mol. The summed E-state index contributed by atoms with van der Waals surface area (Å²) in [7, 11) is 0. The summed E-state index contributed by atoms with van der Waals surface area (Å²) in [5.41, 5.74) is 8.10. The molecular formula is C15H23NOS. The third-order valence-electron chi connectivity index (χ3n) is 4.82. The van der Waals surface area contributed by atoms with E-state index in [2.05, 4.69) is 19.9 Å². The highest BCUT2D eigenvalue weighted by molar-refractivity contribution is 7.12. The van der Waals surface area contributed by atoms with Gasteiger partial charge in [-0.1, -0.05) is 0 Å². The topological polar surface area (TPSA) is 35.2 Å². The van der Waals surface area contributed by atoms with Crippen molar-refractivity contribution in [2.24, 2.45) is 11.7 Å². The van der Waals surface area contributed by atoms with Gasteiger partial charge in [0.15, 0.2) is 0 Å². The van der Waals surface area contributed by atoms with Crippen LogP contribution < -0.4 is 5.73 Å². The van der Waals surface area contributed by atoms with Crippen LogP contribution in [0.15, 0.2) is 6.07 Å². The minimum absolute atomic E-state index is 0.210. The van der Waals surface area contributed by atoms with Gasteiger partial charge in [-0.2, -0.15) is 0 Å². The molecule has 1 aliphatic carbocycles. The smallest absolute Gasteiger partial charge is 0.0686 e. The summed E-state index contributed by atoms with van der Waals surface area (Å²) < 4.78 is 5.99. The van der Waals surface area contributed by atoms with Crippen molar-refractivity contribution in [1.82, 2.24) is 0 Å². The van der Waals surface area contributed by atoms with E-state index in [4.69, 9.17) is 10.5 Å². The van der Waals surface area contributed by atoms with Crippen LogP contribution in [0, 0.1) is 19.8 Å². The zero-order valence-corrected chi connectivity index (χ0v) is 12.2. The summed E-state index contributed by atoms with van der Waals surface area (Å²) in [6, 6.07) is 2.50. The van der Waals surface area contributed by atoms with Gasteiger partial charge in [0.25, 0.3) is 0 Å². The first-order valence-electron chi connectivity index (χ1n) is 7.06. The Hall–Kier alpha value is -0.380. The Morgan fingerprint density at radius 2 is 2.22 bits per heavy atom. The predicted octanol–water partition coefficient (Wildman–Crippen LogP) is 3.71. The molecule has 1 aliphatic heterocycles. The van der Waals surface area contributed by atoms with Crippen molar-refractivity contribution >= 4 is 11.3 Å². The van der Waals surface area contributed by atoms with Crippen molar-refractivity contribution in [3.05, 3.63) is 21.4 Å². The summed E-state index contributed by atoms with van der Waals surface area (Å²) >= 11 is 1.88. The van der Waals surface area contributed by atoms with Crippen LogP contribution in [-0.2, 0) is 4.74 Å². The molecule has 0 radical (unpaired) electrons. The summed E-state index contributed by atoms with van der Waals surface area (Å²) in [5.74, 6) is 0.608. The summed E-state index contributed by atoms with van der Waals surface area (Å²) in [4.78, 5) is 2.78. The molecule has 1 aromatic heterocycles. The molecule has 0 amide bonds. The van der Waals surface area contributed by atoms with Crippen molar-refractivity contribution in [3.63, 3.8) is 0 Å². The number of aryl methyl sites for hydroxylation is 2.